The Hall–Kier alpha value is -3.46. The maximum Gasteiger partial charge on any atom is 0.285 e. The number of nitrogens with zero attached hydrogens (tertiary/aromatic N) is 3. The minimum atomic E-state index is -0.605. The number of rotatable bonds is 5. The van der Waals surface area contributed by atoms with Crippen LogP contribution in [-0.2, 0) is 24.3 Å². The number of thiophene rings is 1. The summed E-state index contributed by atoms with van der Waals surface area (Å²) in [5, 5.41) is 15.7. The lowest BCUT2D eigenvalue weighted by molar-refractivity contribution is -0.385. The zero-order valence-corrected chi connectivity index (χ0v) is 16.2. The molecule has 2 aromatic heterocycles. The summed E-state index contributed by atoms with van der Waals surface area (Å²) in [5.74, 6) is -0.429. The fourth-order valence-corrected chi connectivity index (χ4v) is 4.22. The quantitative estimate of drug-likeness (QED) is 0.515. The third-order valence-corrected chi connectivity index (χ3v) is 5.84. The molecule has 0 atom stereocenters. The molecule has 0 saturated heterocycles. The van der Waals surface area contributed by atoms with Gasteiger partial charge in [0, 0.05) is 41.5 Å². The van der Waals surface area contributed by atoms with E-state index in [1.54, 1.807) is 11.3 Å². The summed E-state index contributed by atoms with van der Waals surface area (Å²) in [5.41, 5.74) is 2.33. The van der Waals surface area contributed by atoms with Gasteiger partial charge >= 0.3 is 0 Å². The highest BCUT2D eigenvalue weighted by atomic mass is 32.1. The summed E-state index contributed by atoms with van der Waals surface area (Å²) >= 11 is 1.80. The van der Waals surface area contributed by atoms with Crippen LogP contribution >= 0.6 is 11.3 Å². The van der Waals surface area contributed by atoms with Crippen molar-refractivity contribution in [2.45, 2.75) is 19.5 Å². The van der Waals surface area contributed by atoms with Crippen LogP contribution in [0.1, 0.15) is 10.4 Å². The molecule has 0 spiro atoms. The van der Waals surface area contributed by atoms with Crippen LogP contribution in [0.25, 0.3) is 0 Å². The van der Waals surface area contributed by atoms with Crippen LogP contribution in [-0.4, -0.2) is 21.9 Å². The molecule has 1 aliphatic heterocycles. The molecular formula is C20H18N4O4S. The molecule has 0 aliphatic carbocycles. The van der Waals surface area contributed by atoms with Crippen molar-refractivity contribution in [1.29, 1.82) is 0 Å². The largest absolute Gasteiger partial charge is 0.367 e. The Morgan fingerprint density at radius 2 is 1.97 bits per heavy atom. The highest BCUT2D eigenvalue weighted by Gasteiger charge is 2.17. The fourth-order valence-electron chi connectivity index (χ4n) is 3.33. The number of nitro groups is 1. The zero-order valence-electron chi connectivity index (χ0n) is 15.4. The van der Waals surface area contributed by atoms with Crippen LogP contribution in [0.4, 0.5) is 17.1 Å². The molecule has 1 amide bonds. The molecule has 8 nitrogen and oxygen atoms in total. The number of hydrogen-bond acceptors (Lipinski definition) is 6. The van der Waals surface area contributed by atoms with Crippen LogP contribution < -0.4 is 15.8 Å². The van der Waals surface area contributed by atoms with Crippen LogP contribution in [0.15, 0.2) is 58.8 Å². The van der Waals surface area contributed by atoms with E-state index in [4.69, 9.17) is 0 Å². The first-order valence-corrected chi connectivity index (χ1v) is 9.92. The van der Waals surface area contributed by atoms with Crippen molar-refractivity contribution in [3.63, 3.8) is 0 Å². The van der Waals surface area contributed by atoms with Gasteiger partial charge in [0.05, 0.1) is 11.1 Å². The first-order valence-electron chi connectivity index (χ1n) is 9.04. The minimum absolute atomic E-state index is 0.239. The average molecular weight is 410 g/mol. The van der Waals surface area contributed by atoms with Crippen LogP contribution in [0.5, 0.6) is 0 Å². The highest BCUT2D eigenvalue weighted by Crippen LogP contribution is 2.28. The van der Waals surface area contributed by atoms with Gasteiger partial charge in [0.15, 0.2) is 0 Å². The van der Waals surface area contributed by atoms with E-state index in [1.165, 1.54) is 10.4 Å². The summed E-state index contributed by atoms with van der Waals surface area (Å²) < 4.78 is 1.02. The monoisotopic (exact) mass is 410 g/mol. The lowest BCUT2D eigenvalue weighted by atomic mass is 10.1. The SMILES string of the molecule is O=C(Cn1cc([N+](=O)[O-])ccc1=O)Nc1ccc(N2CCc3sccc3C2)cc1. The van der Waals surface area contributed by atoms with E-state index in [2.05, 4.69) is 21.7 Å². The third-order valence-electron chi connectivity index (χ3n) is 4.82. The molecule has 1 aliphatic rings. The van der Waals surface area contributed by atoms with Crippen molar-refractivity contribution < 1.29 is 9.72 Å². The number of anilines is 2. The van der Waals surface area contributed by atoms with E-state index in [9.17, 15) is 19.7 Å². The number of aromatic nitrogens is 1. The molecule has 3 heterocycles. The van der Waals surface area contributed by atoms with Gasteiger partial charge in [-0.15, -0.1) is 11.3 Å². The molecule has 4 rings (SSSR count). The summed E-state index contributed by atoms with van der Waals surface area (Å²) in [6, 6.07) is 11.9. The van der Waals surface area contributed by atoms with Crippen LogP contribution in [0, 0.1) is 10.1 Å². The Bertz CT molecular complexity index is 1120. The second-order valence-corrected chi connectivity index (χ2v) is 7.75. The number of pyridine rings is 1. The highest BCUT2D eigenvalue weighted by molar-refractivity contribution is 7.10. The number of hydrogen-bond donors (Lipinski definition) is 1. The lowest BCUT2D eigenvalue weighted by Gasteiger charge is -2.29. The van der Waals surface area contributed by atoms with Crippen molar-refractivity contribution in [2.24, 2.45) is 0 Å². The van der Waals surface area contributed by atoms with E-state index in [0.717, 1.165) is 48.1 Å². The van der Waals surface area contributed by atoms with Gasteiger partial charge in [-0.3, -0.25) is 24.3 Å². The number of fused-ring (bicyclic) bond motifs is 1. The molecule has 0 fully saturated rings. The molecule has 3 aromatic rings. The Kier molecular flexibility index (Phi) is 5.13. The average Bonchev–Trinajstić information content (AvgIpc) is 3.18. The van der Waals surface area contributed by atoms with Crippen molar-refractivity contribution >= 4 is 34.3 Å². The zero-order chi connectivity index (χ0) is 20.4. The van der Waals surface area contributed by atoms with Crippen LogP contribution in [0.2, 0.25) is 0 Å². The Balaban J connectivity index is 1.40. The standard InChI is InChI=1S/C20H18N4O4S/c25-19(13-23-12-17(24(27)28)5-6-20(23)26)21-15-1-3-16(4-2-15)22-9-7-18-14(11-22)8-10-29-18/h1-6,8,10,12H,7,9,11,13H2,(H,21,25). The Morgan fingerprint density at radius 3 is 2.72 bits per heavy atom. The second-order valence-electron chi connectivity index (χ2n) is 6.75. The number of carbonyl (C=O) groups is 1. The molecule has 0 saturated carbocycles. The molecule has 1 aromatic carbocycles. The van der Waals surface area contributed by atoms with Gasteiger partial charge in [-0.2, -0.15) is 0 Å². The Labute approximate surface area is 170 Å². The van der Waals surface area contributed by atoms with Gasteiger partial charge in [-0.05, 0) is 47.7 Å². The number of nitrogens with one attached hydrogen (secondary N) is 1. The van der Waals surface area contributed by atoms with Crippen molar-refractivity contribution in [2.75, 3.05) is 16.8 Å². The van der Waals surface area contributed by atoms with E-state index < -0.39 is 16.4 Å². The van der Waals surface area contributed by atoms with Gasteiger partial charge in [0.1, 0.15) is 6.54 Å². The normalized spacial score (nSPS) is 13.0. The van der Waals surface area contributed by atoms with E-state index >= 15 is 0 Å². The van der Waals surface area contributed by atoms with Crippen molar-refractivity contribution in [3.05, 3.63) is 85.0 Å². The van der Waals surface area contributed by atoms with Gasteiger partial charge in [-0.1, -0.05) is 0 Å². The molecule has 148 valence electrons. The van der Waals surface area contributed by atoms with E-state index in [0.29, 0.717) is 5.69 Å². The van der Waals surface area contributed by atoms with Crippen LogP contribution in [0.3, 0.4) is 0 Å². The lowest BCUT2D eigenvalue weighted by Crippen LogP contribution is -2.29. The number of carbonyl (C=O) groups excluding carboxylic acids is 1. The topological polar surface area (TPSA) is 97.5 Å². The van der Waals surface area contributed by atoms with Gasteiger partial charge in [0.2, 0.25) is 5.91 Å². The predicted octanol–water partition coefficient (Wildman–Crippen LogP) is 3.02. The smallest absolute Gasteiger partial charge is 0.285 e. The first kappa shape index (κ1) is 18.9. The van der Waals surface area contributed by atoms with Gasteiger partial charge in [-0.25, -0.2) is 0 Å². The molecule has 0 unspecified atom stereocenters. The molecule has 29 heavy (non-hydrogen) atoms. The molecule has 0 radical (unpaired) electrons. The third kappa shape index (κ3) is 4.19. The molecule has 9 heteroatoms. The van der Waals surface area contributed by atoms with Gasteiger partial charge < -0.3 is 10.2 Å². The van der Waals surface area contributed by atoms with Crippen molar-refractivity contribution in [1.82, 2.24) is 4.57 Å². The summed E-state index contributed by atoms with van der Waals surface area (Å²) in [6.45, 7) is 1.53. The second kappa shape index (κ2) is 7.88. The fraction of sp³-hybridized carbons (Fsp3) is 0.200. The minimum Gasteiger partial charge on any atom is -0.367 e. The molecule has 0 bridgehead atoms. The van der Waals surface area contributed by atoms with E-state index in [-0.39, 0.29) is 12.2 Å². The molecule has 1 N–H and O–H groups in total. The summed E-state index contributed by atoms with van der Waals surface area (Å²) in [4.78, 5) is 38.1. The Morgan fingerprint density at radius 1 is 1.17 bits per heavy atom. The maximum absolute atomic E-state index is 12.3. The number of amides is 1. The first-order chi connectivity index (χ1) is 14.0. The molecular weight excluding hydrogens is 392 g/mol. The summed E-state index contributed by atoms with van der Waals surface area (Å²) in [7, 11) is 0. The van der Waals surface area contributed by atoms with E-state index in [1.807, 2.05) is 24.3 Å². The van der Waals surface area contributed by atoms with Gasteiger partial charge in [0.25, 0.3) is 11.2 Å². The summed E-state index contributed by atoms with van der Waals surface area (Å²) in [6.07, 6.45) is 2.10. The number of benzene rings is 1. The maximum atomic E-state index is 12.3. The predicted molar refractivity (Wildman–Crippen MR) is 112 cm³/mol. The van der Waals surface area contributed by atoms with Crippen molar-refractivity contribution in [3.8, 4) is 0 Å².